The molecule has 0 N–H and O–H groups in total. The summed E-state index contributed by atoms with van der Waals surface area (Å²) in [5, 5.41) is 9.80. The molecule has 0 aliphatic heterocycles. The van der Waals surface area contributed by atoms with Crippen LogP contribution in [0.2, 0.25) is 5.02 Å². The van der Waals surface area contributed by atoms with Crippen molar-refractivity contribution in [2.45, 2.75) is 18.8 Å². The molecular weight excluding hydrogens is 194 g/mol. The van der Waals surface area contributed by atoms with E-state index in [-0.39, 0.29) is 0 Å². The lowest BCUT2D eigenvalue weighted by atomic mass is 9.81. The Bertz CT molecular complexity index is 361. The third-order valence-corrected chi connectivity index (χ3v) is 2.53. The summed E-state index contributed by atoms with van der Waals surface area (Å²) in [7, 11) is 0. The summed E-state index contributed by atoms with van der Waals surface area (Å²) in [6.45, 7) is 5.56. The van der Waals surface area contributed by atoms with Crippen LogP contribution in [0.25, 0.3) is 0 Å². The molecular formula is C12H12ClN. The highest BCUT2D eigenvalue weighted by Crippen LogP contribution is 2.28. The van der Waals surface area contributed by atoms with E-state index in [4.69, 9.17) is 16.9 Å². The molecule has 1 nitrogen and oxygen atoms in total. The van der Waals surface area contributed by atoms with Gasteiger partial charge in [0.15, 0.2) is 0 Å². The molecule has 1 unspecified atom stereocenters. The van der Waals surface area contributed by atoms with E-state index in [2.05, 4.69) is 12.6 Å². The second-order valence-electron chi connectivity index (χ2n) is 3.44. The van der Waals surface area contributed by atoms with Crippen molar-refractivity contribution in [1.29, 1.82) is 5.26 Å². The van der Waals surface area contributed by atoms with Crippen molar-refractivity contribution >= 4 is 11.6 Å². The number of nitriles is 1. The monoisotopic (exact) mass is 205 g/mol. The minimum absolute atomic E-state index is 0.494. The van der Waals surface area contributed by atoms with Crippen LogP contribution in [-0.4, -0.2) is 0 Å². The summed E-state index contributed by atoms with van der Waals surface area (Å²) >= 11 is 5.78. The Morgan fingerprint density at radius 3 is 2.50 bits per heavy atom. The van der Waals surface area contributed by atoms with Gasteiger partial charge in [-0.15, -0.1) is 6.58 Å². The third kappa shape index (κ3) is 2.16. The minimum atomic E-state index is -0.494. The van der Waals surface area contributed by atoms with Crippen LogP contribution in [-0.2, 0) is 5.41 Å². The topological polar surface area (TPSA) is 23.8 Å². The minimum Gasteiger partial charge on any atom is -0.197 e. The van der Waals surface area contributed by atoms with Crippen molar-refractivity contribution < 1.29 is 0 Å². The van der Waals surface area contributed by atoms with Crippen molar-refractivity contribution in [1.82, 2.24) is 0 Å². The Kier molecular flexibility index (Phi) is 3.33. The highest BCUT2D eigenvalue weighted by Gasteiger charge is 2.24. The predicted molar refractivity (Wildman–Crippen MR) is 59.2 cm³/mol. The van der Waals surface area contributed by atoms with Crippen LogP contribution in [0.5, 0.6) is 0 Å². The average Bonchev–Trinajstić information content (AvgIpc) is 2.19. The lowest BCUT2D eigenvalue weighted by Crippen LogP contribution is -2.18. The maximum absolute atomic E-state index is 9.11. The first kappa shape index (κ1) is 10.8. The Hall–Kier alpha value is -1.26. The molecule has 0 saturated carbocycles. The van der Waals surface area contributed by atoms with Crippen LogP contribution in [0.3, 0.4) is 0 Å². The van der Waals surface area contributed by atoms with E-state index in [1.54, 1.807) is 18.2 Å². The van der Waals surface area contributed by atoms with Crippen LogP contribution in [0.1, 0.15) is 18.9 Å². The molecule has 0 bridgehead atoms. The van der Waals surface area contributed by atoms with Gasteiger partial charge >= 0.3 is 0 Å². The number of benzene rings is 1. The van der Waals surface area contributed by atoms with E-state index in [0.29, 0.717) is 11.4 Å². The maximum atomic E-state index is 9.11. The first-order valence-corrected chi connectivity index (χ1v) is 4.78. The molecule has 14 heavy (non-hydrogen) atoms. The van der Waals surface area contributed by atoms with Gasteiger partial charge in [-0.3, -0.25) is 0 Å². The van der Waals surface area contributed by atoms with Crippen molar-refractivity contribution in [2.75, 3.05) is 0 Å². The highest BCUT2D eigenvalue weighted by molar-refractivity contribution is 6.30. The van der Waals surface area contributed by atoms with Gasteiger partial charge in [0.25, 0.3) is 0 Å². The smallest absolute Gasteiger partial charge is 0.0828 e. The number of halogens is 1. The lowest BCUT2D eigenvalue weighted by Gasteiger charge is -2.19. The first-order valence-electron chi connectivity index (χ1n) is 4.40. The van der Waals surface area contributed by atoms with Gasteiger partial charge in [-0.25, -0.2) is 0 Å². The molecule has 0 radical (unpaired) electrons. The lowest BCUT2D eigenvalue weighted by molar-refractivity contribution is 0.622. The summed E-state index contributed by atoms with van der Waals surface area (Å²) < 4.78 is 0. The molecule has 0 aliphatic carbocycles. The summed E-state index contributed by atoms with van der Waals surface area (Å²) in [4.78, 5) is 0. The van der Waals surface area contributed by atoms with Crippen molar-refractivity contribution in [3.05, 3.63) is 47.5 Å². The van der Waals surface area contributed by atoms with E-state index in [0.717, 1.165) is 5.56 Å². The predicted octanol–water partition coefficient (Wildman–Crippen LogP) is 3.70. The van der Waals surface area contributed by atoms with Gasteiger partial charge in [-0.1, -0.05) is 29.8 Å². The van der Waals surface area contributed by atoms with E-state index < -0.39 is 5.41 Å². The Labute approximate surface area is 89.6 Å². The molecule has 1 aromatic rings. The zero-order chi connectivity index (χ0) is 10.6. The number of allylic oxidation sites excluding steroid dienone is 1. The van der Waals surface area contributed by atoms with Gasteiger partial charge in [0.05, 0.1) is 11.5 Å². The summed E-state index contributed by atoms with van der Waals surface area (Å²) in [6.07, 6.45) is 2.41. The number of hydrogen-bond acceptors (Lipinski definition) is 1. The molecule has 0 heterocycles. The summed E-state index contributed by atoms with van der Waals surface area (Å²) in [5.74, 6) is 0. The number of rotatable bonds is 3. The van der Waals surface area contributed by atoms with Gasteiger partial charge in [0.1, 0.15) is 0 Å². The highest BCUT2D eigenvalue weighted by atomic mass is 35.5. The standard InChI is InChI=1S/C12H12ClN/c1-3-8-12(2,9-14)10-4-6-11(13)7-5-10/h3-7H,1,8H2,2H3. The fourth-order valence-corrected chi connectivity index (χ4v) is 1.46. The Balaban J connectivity index is 3.07. The largest absolute Gasteiger partial charge is 0.197 e. The normalized spacial score (nSPS) is 14.1. The van der Waals surface area contributed by atoms with Crippen LogP contribution < -0.4 is 0 Å². The van der Waals surface area contributed by atoms with Gasteiger partial charge < -0.3 is 0 Å². The second-order valence-corrected chi connectivity index (χ2v) is 3.88. The molecule has 0 fully saturated rings. The van der Waals surface area contributed by atoms with Gasteiger partial charge in [-0.05, 0) is 31.0 Å². The molecule has 72 valence electrons. The average molecular weight is 206 g/mol. The quantitative estimate of drug-likeness (QED) is 0.691. The second kappa shape index (κ2) is 4.30. The maximum Gasteiger partial charge on any atom is 0.0828 e. The summed E-state index contributed by atoms with van der Waals surface area (Å²) in [6, 6.07) is 9.67. The van der Waals surface area contributed by atoms with Gasteiger partial charge in [-0.2, -0.15) is 5.26 Å². The van der Waals surface area contributed by atoms with Crippen LogP contribution in [0.15, 0.2) is 36.9 Å². The number of nitrogens with zero attached hydrogens (tertiary/aromatic N) is 1. The van der Waals surface area contributed by atoms with Crippen molar-refractivity contribution in [3.8, 4) is 6.07 Å². The fourth-order valence-electron chi connectivity index (χ4n) is 1.33. The molecule has 1 aromatic carbocycles. The fraction of sp³-hybridized carbons (Fsp3) is 0.250. The zero-order valence-corrected chi connectivity index (χ0v) is 8.88. The molecule has 0 saturated heterocycles. The van der Waals surface area contributed by atoms with Crippen molar-refractivity contribution in [2.24, 2.45) is 0 Å². The van der Waals surface area contributed by atoms with Crippen molar-refractivity contribution in [3.63, 3.8) is 0 Å². The van der Waals surface area contributed by atoms with E-state index in [9.17, 15) is 0 Å². The van der Waals surface area contributed by atoms with E-state index in [1.807, 2.05) is 19.1 Å². The summed E-state index contributed by atoms with van der Waals surface area (Å²) in [5.41, 5.74) is 0.482. The van der Waals surface area contributed by atoms with E-state index in [1.165, 1.54) is 0 Å². The number of hydrogen-bond donors (Lipinski definition) is 0. The Morgan fingerprint density at radius 2 is 2.07 bits per heavy atom. The third-order valence-electron chi connectivity index (χ3n) is 2.28. The zero-order valence-electron chi connectivity index (χ0n) is 8.13. The molecule has 0 aromatic heterocycles. The molecule has 1 atom stereocenters. The van der Waals surface area contributed by atoms with Gasteiger partial charge in [0, 0.05) is 5.02 Å². The molecule has 1 rings (SSSR count). The molecule has 2 heteroatoms. The molecule has 0 spiro atoms. The van der Waals surface area contributed by atoms with E-state index >= 15 is 0 Å². The van der Waals surface area contributed by atoms with Crippen LogP contribution >= 0.6 is 11.6 Å². The SMILES string of the molecule is C=CCC(C)(C#N)c1ccc(Cl)cc1. The van der Waals surface area contributed by atoms with Gasteiger partial charge in [0.2, 0.25) is 0 Å². The first-order chi connectivity index (χ1) is 6.62. The molecule has 0 amide bonds. The molecule has 0 aliphatic rings. The van der Waals surface area contributed by atoms with Crippen LogP contribution in [0, 0.1) is 11.3 Å². The Morgan fingerprint density at radius 1 is 1.50 bits per heavy atom. The van der Waals surface area contributed by atoms with Crippen LogP contribution in [0.4, 0.5) is 0 Å².